The van der Waals surface area contributed by atoms with Gasteiger partial charge in [0.05, 0.1) is 0 Å². The second-order valence-corrected chi connectivity index (χ2v) is 5.32. The third-order valence-corrected chi connectivity index (χ3v) is 3.79. The van der Waals surface area contributed by atoms with Crippen LogP contribution in [0.1, 0.15) is 22.3 Å². The second kappa shape index (κ2) is 5.93. The smallest absolute Gasteiger partial charge is 0.328 e. The number of benzene rings is 2. The Hall–Kier alpha value is -3.14. The first-order chi connectivity index (χ1) is 11.0. The van der Waals surface area contributed by atoms with Crippen LogP contribution in [0.15, 0.2) is 48.6 Å². The third-order valence-electron chi connectivity index (χ3n) is 3.79. The topological polar surface area (TPSA) is 74.6 Å². The quantitative estimate of drug-likeness (QED) is 0.724. The van der Waals surface area contributed by atoms with Crippen LogP contribution in [0.25, 0.3) is 23.3 Å². The predicted molar refractivity (Wildman–Crippen MR) is 88.0 cm³/mol. The molecule has 3 rings (SSSR count). The molecule has 0 atom stereocenters. The van der Waals surface area contributed by atoms with E-state index in [1.807, 2.05) is 36.4 Å². The van der Waals surface area contributed by atoms with Crippen LogP contribution in [0.4, 0.5) is 0 Å². The number of carboxylic acid groups (broad SMARTS) is 2. The van der Waals surface area contributed by atoms with E-state index in [0.29, 0.717) is 0 Å². The molecule has 4 nitrogen and oxygen atoms in total. The van der Waals surface area contributed by atoms with Crippen LogP contribution < -0.4 is 0 Å². The van der Waals surface area contributed by atoms with E-state index >= 15 is 0 Å². The standard InChI is InChI=1S/C19H14O4/c20-17(21)8-5-12-4-7-16-15(10-12)11-14-3-1-2-13(19(14)16)6-9-18(22)23/h1-10H,11H2,(H,20,21)(H,22,23)/b8-5+,9-6+. The lowest BCUT2D eigenvalue weighted by molar-refractivity contribution is -0.132. The van der Waals surface area contributed by atoms with Crippen LogP contribution in [0.3, 0.4) is 0 Å². The van der Waals surface area contributed by atoms with Crippen LogP contribution in [-0.4, -0.2) is 22.2 Å². The molecule has 0 radical (unpaired) electrons. The van der Waals surface area contributed by atoms with Crippen LogP contribution in [-0.2, 0) is 16.0 Å². The van der Waals surface area contributed by atoms with Crippen LogP contribution in [0, 0.1) is 0 Å². The molecule has 0 saturated heterocycles. The SMILES string of the molecule is O=C(O)/C=C/c1ccc2c(c1)Cc1cccc(/C=C/C(=O)O)c1-2. The first kappa shape index (κ1) is 14.8. The molecule has 0 amide bonds. The molecule has 0 heterocycles. The molecule has 23 heavy (non-hydrogen) atoms. The van der Waals surface area contributed by atoms with Crippen LogP contribution in [0.5, 0.6) is 0 Å². The minimum Gasteiger partial charge on any atom is -0.478 e. The molecule has 2 aromatic rings. The number of carbonyl (C=O) groups is 2. The second-order valence-electron chi connectivity index (χ2n) is 5.32. The van der Waals surface area contributed by atoms with Gasteiger partial charge in [-0.3, -0.25) is 0 Å². The molecule has 1 aliphatic carbocycles. The highest BCUT2D eigenvalue weighted by atomic mass is 16.4. The average Bonchev–Trinajstić information content (AvgIpc) is 2.88. The van der Waals surface area contributed by atoms with Gasteiger partial charge in [0, 0.05) is 12.2 Å². The Morgan fingerprint density at radius 2 is 1.65 bits per heavy atom. The van der Waals surface area contributed by atoms with E-state index in [9.17, 15) is 9.59 Å². The van der Waals surface area contributed by atoms with Crippen molar-refractivity contribution in [1.29, 1.82) is 0 Å². The van der Waals surface area contributed by atoms with Gasteiger partial charge in [-0.2, -0.15) is 0 Å². The summed E-state index contributed by atoms with van der Waals surface area (Å²) < 4.78 is 0. The highest BCUT2D eigenvalue weighted by molar-refractivity contribution is 5.91. The fraction of sp³-hybridized carbons (Fsp3) is 0.0526. The van der Waals surface area contributed by atoms with Crippen molar-refractivity contribution in [2.45, 2.75) is 6.42 Å². The normalized spacial score (nSPS) is 12.5. The van der Waals surface area contributed by atoms with Gasteiger partial charge in [-0.25, -0.2) is 9.59 Å². The van der Waals surface area contributed by atoms with E-state index < -0.39 is 11.9 Å². The van der Waals surface area contributed by atoms with Crippen LogP contribution in [0.2, 0.25) is 0 Å². The van der Waals surface area contributed by atoms with E-state index in [4.69, 9.17) is 10.2 Å². The maximum Gasteiger partial charge on any atom is 0.328 e. The molecule has 0 unspecified atom stereocenters. The lowest BCUT2D eigenvalue weighted by Gasteiger charge is -2.06. The van der Waals surface area contributed by atoms with Crippen molar-refractivity contribution >= 4 is 24.1 Å². The van der Waals surface area contributed by atoms with Crippen LogP contribution >= 0.6 is 0 Å². The van der Waals surface area contributed by atoms with E-state index in [1.54, 1.807) is 12.2 Å². The number of carboxylic acids is 2. The minimum atomic E-state index is -0.977. The first-order valence-corrected chi connectivity index (χ1v) is 7.12. The summed E-state index contributed by atoms with van der Waals surface area (Å²) in [7, 11) is 0. The Morgan fingerprint density at radius 3 is 2.39 bits per heavy atom. The van der Waals surface area contributed by atoms with Crippen molar-refractivity contribution in [3.63, 3.8) is 0 Å². The van der Waals surface area contributed by atoms with Gasteiger partial charge in [0.25, 0.3) is 0 Å². The van der Waals surface area contributed by atoms with Crippen molar-refractivity contribution in [2.24, 2.45) is 0 Å². The number of hydrogen-bond donors (Lipinski definition) is 2. The zero-order valence-corrected chi connectivity index (χ0v) is 12.2. The molecule has 0 spiro atoms. The summed E-state index contributed by atoms with van der Waals surface area (Å²) in [5.41, 5.74) is 6.08. The minimum absolute atomic E-state index is 0.758. The summed E-state index contributed by atoms with van der Waals surface area (Å²) in [5, 5.41) is 17.5. The molecule has 0 aliphatic heterocycles. The summed E-state index contributed by atoms with van der Waals surface area (Å²) in [6, 6.07) is 11.6. The maximum atomic E-state index is 10.7. The van der Waals surface area contributed by atoms with Crippen molar-refractivity contribution in [3.05, 3.63) is 70.8 Å². The zero-order chi connectivity index (χ0) is 16.4. The first-order valence-electron chi connectivity index (χ1n) is 7.12. The predicted octanol–water partition coefficient (Wildman–Crippen LogP) is 3.45. The molecule has 0 bridgehead atoms. The van der Waals surface area contributed by atoms with E-state index in [-0.39, 0.29) is 0 Å². The van der Waals surface area contributed by atoms with Crippen molar-refractivity contribution in [3.8, 4) is 11.1 Å². The Bertz CT molecular complexity index is 860. The number of fused-ring (bicyclic) bond motifs is 3. The molecule has 4 heteroatoms. The van der Waals surface area contributed by atoms with Gasteiger partial charge >= 0.3 is 11.9 Å². The van der Waals surface area contributed by atoms with Gasteiger partial charge in [-0.15, -0.1) is 0 Å². The lowest BCUT2D eigenvalue weighted by Crippen LogP contribution is -1.88. The van der Waals surface area contributed by atoms with Gasteiger partial charge in [-0.05, 0) is 52.0 Å². The fourth-order valence-corrected chi connectivity index (χ4v) is 2.88. The molecule has 0 fully saturated rings. The molecular weight excluding hydrogens is 292 g/mol. The summed E-state index contributed by atoms with van der Waals surface area (Å²) in [4.78, 5) is 21.4. The highest BCUT2D eigenvalue weighted by Gasteiger charge is 2.20. The van der Waals surface area contributed by atoms with Gasteiger partial charge in [0.1, 0.15) is 0 Å². The average molecular weight is 306 g/mol. The Morgan fingerprint density at radius 1 is 0.913 bits per heavy atom. The van der Waals surface area contributed by atoms with Gasteiger partial charge < -0.3 is 10.2 Å². The molecule has 114 valence electrons. The molecule has 0 saturated carbocycles. The molecular formula is C19H14O4. The molecule has 1 aliphatic rings. The summed E-state index contributed by atoms with van der Waals surface area (Å²) in [5.74, 6) is -1.95. The van der Waals surface area contributed by atoms with E-state index in [2.05, 4.69) is 0 Å². The Labute approximate surface area is 133 Å². The molecule has 2 N–H and O–H groups in total. The Balaban J connectivity index is 2.03. The number of rotatable bonds is 4. The van der Waals surface area contributed by atoms with Gasteiger partial charge in [0.15, 0.2) is 0 Å². The fourth-order valence-electron chi connectivity index (χ4n) is 2.88. The maximum absolute atomic E-state index is 10.7. The van der Waals surface area contributed by atoms with Gasteiger partial charge in [-0.1, -0.05) is 36.4 Å². The van der Waals surface area contributed by atoms with E-state index in [1.165, 1.54) is 0 Å². The third kappa shape index (κ3) is 3.06. The summed E-state index contributed by atoms with van der Waals surface area (Å²) in [6.07, 6.45) is 6.18. The summed E-state index contributed by atoms with van der Waals surface area (Å²) in [6.45, 7) is 0. The van der Waals surface area contributed by atoms with Crippen molar-refractivity contribution in [1.82, 2.24) is 0 Å². The molecule has 2 aromatic carbocycles. The molecule has 0 aromatic heterocycles. The van der Waals surface area contributed by atoms with Crippen molar-refractivity contribution in [2.75, 3.05) is 0 Å². The van der Waals surface area contributed by atoms with Gasteiger partial charge in [0.2, 0.25) is 0 Å². The lowest BCUT2D eigenvalue weighted by atomic mass is 9.98. The largest absolute Gasteiger partial charge is 0.478 e. The highest BCUT2D eigenvalue weighted by Crippen LogP contribution is 2.39. The zero-order valence-electron chi connectivity index (χ0n) is 12.2. The summed E-state index contributed by atoms with van der Waals surface area (Å²) >= 11 is 0. The Kier molecular flexibility index (Phi) is 3.81. The van der Waals surface area contributed by atoms with Crippen molar-refractivity contribution < 1.29 is 19.8 Å². The number of hydrogen-bond acceptors (Lipinski definition) is 2. The van der Waals surface area contributed by atoms with E-state index in [0.717, 1.165) is 52.0 Å². The number of aliphatic carboxylic acids is 2. The monoisotopic (exact) mass is 306 g/mol.